The number of hydrogen-bond acceptors (Lipinski definition) is 3. The van der Waals surface area contributed by atoms with Gasteiger partial charge in [-0.1, -0.05) is 35.1 Å². The van der Waals surface area contributed by atoms with Gasteiger partial charge in [-0.3, -0.25) is 0 Å². The third kappa shape index (κ3) is 1.92. The van der Waals surface area contributed by atoms with E-state index in [9.17, 15) is 0 Å². The summed E-state index contributed by atoms with van der Waals surface area (Å²) in [7, 11) is 0. The highest BCUT2D eigenvalue weighted by Crippen LogP contribution is 2.33. The van der Waals surface area contributed by atoms with E-state index >= 15 is 0 Å². The van der Waals surface area contributed by atoms with Crippen LogP contribution >= 0.6 is 38.9 Å². The predicted octanol–water partition coefficient (Wildman–Crippen LogP) is 3.81. The minimum atomic E-state index is 0.686. The van der Waals surface area contributed by atoms with Crippen molar-refractivity contribution in [2.75, 3.05) is 5.73 Å². The number of anilines is 1. The Balaban J connectivity index is 2.54. The van der Waals surface area contributed by atoms with E-state index in [1.165, 1.54) is 11.3 Å². The van der Waals surface area contributed by atoms with E-state index < -0.39 is 0 Å². The second-order valence-corrected chi connectivity index (χ2v) is 5.43. The van der Waals surface area contributed by atoms with Gasteiger partial charge >= 0.3 is 0 Å². The topological polar surface area (TPSA) is 38.9 Å². The molecule has 0 unspecified atom stereocenters. The van der Waals surface area contributed by atoms with Crippen molar-refractivity contribution >= 4 is 43.9 Å². The van der Waals surface area contributed by atoms with Crippen LogP contribution in [0, 0.1) is 0 Å². The summed E-state index contributed by atoms with van der Waals surface area (Å²) in [4.78, 5) is 4.27. The molecular weight excluding hydrogens is 284 g/mol. The zero-order valence-electron chi connectivity index (χ0n) is 7.00. The molecule has 1 heterocycles. The number of aromatic nitrogens is 1. The Morgan fingerprint density at radius 1 is 1.43 bits per heavy atom. The number of benzene rings is 1. The lowest BCUT2D eigenvalue weighted by atomic mass is 10.2. The van der Waals surface area contributed by atoms with Crippen LogP contribution in [-0.4, -0.2) is 4.98 Å². The van der Waals surface area contributed by atoms with Crippen LogP contribution in [-0.2, 0) is 0 Å². The van der Waals surface area contributed by atoms with Crippen molar-refractivity contribution in [3.63, 3.8) is 0 Å². The van der Waals surface area contributed by atoms with Crippen LogP contribution in [0.4, 0.5) is 5.00 Å². The number of nitrogens with two attached hydrogens (primary N) is 1. The molecule has 0 saturated carbocycles. The largest absolute Gasteiger partial charge is 0.389 e. The van der Waals surface area contributed by atoms with Crippen LogP contribution in [0.1, 0.15) is 0 Å². The summed E-state index contributed by atoms with van der Waals surface area (Å²) in [5.74, 6) is 0. The van der Waals surface area contributed by atoms with Gasteiger partial charge in [0.1, 0.15) is 10.7 Å². The molecule has 2 rings (SSSR count). The zero-order valence-corrected chi connectivity index (χ0v) is 10.2. The fraction of sp³-hybridized carbons (Fsp3) is 0. The van der Waals surface area contributed by atoms with E-state index in [-0.39, 0.29) is 0 Å². The summed E-state index contributed by atoms with van der Waals surface area (Å²) in [5, 5.41) is 1.38. The van der Waals surface area contributed by atoms with Crippen molar-refractivity contribution in [3.05, 3.63) is 33.2 Å². The summed E-state index contributed by atoms with van der Waals surface area (Å²) >= 11 is 10.6. The maximum atomic E-state index is 5.88. The van der Waals surface area contributed by atoms with Crippen LogP contribution in [0.3, 0.4) is 0 Å². The number of thiazole rings is 1. The number of rotatable bonds is 1. The van der Waals surface area contributed by atoms with E-state index in [2.05, 4.69) is 20.9 Å². The highest BCUT2D eigenvalue weighted by Gasteiger charge is 2.08. The summed E-state index contributed by atoms with van der Waals surface area (Å²) in [6.07, 6.45) is 0. The molecule has 0 spiro atoms. The Kier molecular flexibility index (Phi) is 2.76. The third-order valence-corrected chi connectivity index (χ3v) is 3.30. The fourth-order valence-corrected chi connectivity index (χ4v) is 2.62. The number of hydrogen-bond donors (Lipinski definition) is 1. The third-order valence-electron chi connectivity index (χ3n) is 1.73. The van der Waals surface area contributed by atoms with Crippen molar-refractivity contribution in [2.24, 2.45) is 0 Å². The Morgan fingerprint density at radius 3 is 2.79 bits per heavy atom. The first kappa shape index (κ1) is 9.96. The molecule has 0 saturated heterocycles. The van der Waals surface area contributed by atoms with Crippen molar-refractivity contribution in [1.82, 2.24) is 4.98 Å². The molecule has 0 aliphatic carbocycles. The Hall–Kier alpha value is -0.580. The second-order valence-electron chi connectivity index (χ2n) is 2.69. The van der Waals surface area contributed by atoms with Gasteiger partial charge in [0.15, 0.2) is 3.92 Å². The first-order chi connectivity index (χ1) is 6.66. The molecular formula is C9H6BrClN2S. The Morgan fingerprint density at radius 2 is 2.21 bits per heavy atom. The van der Waals surface area contributed by atoms with E-state index in [4.69, 9.17) is 17.3 Å². The van der Waals surface area contributed by atoms with Gasteiger partial charge in [-0.25, -0.2) is 4.98 Å². The molecule has 0 amide bonds. The Labute approximate surface area is 98.9 Å². The fourth-order valence-electron chi connectivity index (χ4n) is 1.15. The number of halogens is 2. The second kappa shape index (κ2) is 3.88. The van der Waals surface area contributed by atoms with Crippen molar-refractivity contribution in [2.45, 2.75) is 0 Å². The van der Waals surface area contributed by atoms with Crippen LogP contribution in [0.15, 0.2) is 28.2 Å². The summed E-state index contributed by atoms with van der Waals surface area (Å²) < 4.78 is 0.782. The van der Waals surface area contributed by atoms with Crippen LogP contribution < -0.4 is 5.73 Å². The average molecular weight is 290 g/mol. The lowest BCUT2D eigenvalue weighted by Gasteiger charge is -1.98. The van der Waals surface area contributed by atoms with Crippen molar-refractivity contribution in [1.29, 1.82) is 0 Å². The number of nitrogens with zero attached hydrogens (tertiary/aromatic N) is 1. The van der Waals surface area contributed by atoms with Gasteiger partial charge < -0.3 is 5.73 Å². The molecule has 2 nitrogen and oxygen atoms in total. The smallest absolute Gasteiger partial charge is 0.161 e. The minimum absolute atomic E-state index is 0.686. The van der Waals surface area contributed by atoms with Gasteiger partial charge in [0.2, 0.25) is 0 Å². The lowest BCUT2D eigenvalue weighted by molar-refractivity contribution is 1.37. The molecule has 5 heteroatoms. The molecule has 1 aromatic carbocycles. The molecule has 1 aromatic heterocycles. The molecule has 0 aliphatic rings. The van der Waals surface area contributed by atoms with E-state index in [1.54, 1.807) is 0 Å². The van der Waals surface area contributed by atoms with Gasteiger partial charge in [0.05, 0.1) is 0 Å². The SMILES string of the molecule is Nc1sc(Br)nc1-c1cccc(Cl)c1. The molecule has 0 bridgehead atoms. The van der Waals surface area contributed by atoms with Gasteiger partial charge in [0.25, 0.3) is 0 Å². The van der Waals surface area contributed by atoms with Gasteiger partial charge in [0, 0.05) is 10.6 Å². The Bertz CT molecular complexity index is 470. The first-order valence-corrected chi connectivity index (χ1v) is 5.83. The van der Waals surface area contributed by atoms with Gasteiger partial charge in [-0.2, -0.15) is 0 Å². The summed E-state index contributed by atoms with van der Waals surface area (Å²) in [5.41, 5.74) is 7.53. The summed E-state index contributed by atoms with van der Waals surface area (Å²) in [6, 6.07) is 7.48. The molecule has 2 N–H and O–H groups in total. The standard InChI is InChI=1S/C9H6BrClN2S/c10-9-13-7(8(12)14-9)5-2-1-3-6(11)4-5/h1-4H,12H2. The highest BCUT2D eigenvalue weighted by atomic mass is 79.9. The number of nitrogen functional groups attached to an aromatic ring is 1. The average Bonchev–Trinajstić information content (AvgIpc) is 2.45. The van der Waals surface area contributed by atoms with Crippen LogP contribution in [0.5, 0.6) is 0 Å². The predicted molar refractivity (Wildman–Crippen MR) is 64.7 cm³/mol. The van der Waals surface area contributed by atoms with E-state index in [0.29, 0.717) is 10.0 Å². The maximum absolute atomic E-state index is 5.88. The van der Waals surface area contributed by atoms with Gasteiger partial charge in [-0.05, 0) is 28.1 Å². The van der Waals surface area contributed by atoms with E-state index in [1.807, 2.05) is 24.3 Å². The van der Waals surface area contributed by atoms with Crippen LogP contribution in [0.2, 0.25) is 5.02 Å². The molecule has 0 radical (unpaired) electrons. The molecule has 14 heavy (non-hydrogen) atoms. The molecule has 0 fully saturated rings. The summed E-state index contributed by atoms with van der Waals surface area (Å²) in [6.45, 7) is 0. The van der Waals surface area contributed by atoms with Gasteiger partial charge in [-0.15, -0.1) is 0 Å². The maximum Gasteiger partial charge on any atom is 0.161 e. The molecule has 0 atom stereocenters. The molecule has 2 aromatic rings. The zero-order chi connectivity index (χ0) is 10.1. The highest BCUT2D eigenvalue weighted by molar-refractivity contribution is 9.11. The van der Waals surface area contributed by atoms with Crippen LogP contribution in [0.25, 0.3) is 11.3 Å². The normalized spacial score (nSPS) is 10.4. The van der Waals surface area contributed by atoms with E-state index in [0.717, 1.165) is 15.2 Å². The quantitative estimate of drug-likeness (QED) is 0.867. The monoisotopic (exact) mass is 288 g/mol. The minimum Gasteiger partial charge on any atom is -0.389 e. The van der Waals surface area contributed by atoms with Crippen molar-refractivity contribution < 1.29 is 0 Å². The lowest BCUT2D eigenvalue weighted by Crippen LogP contribution is -1.85. The first-order valence-electron chi connectivity index (χ1n) is 3.84. The van der Waals surface area contributed by atoms with Crippen molar-refractivity contribution in [3.8, 4) is 11.3 Å². The molecule has 0 aliphatic heterocycles. The molecule has 72 valence electrons.